The predicted molar refractivity (Wildman–Crippen MR) is 51.8 cm³/mol. The highest BCUT2D eigenvalue weighted by molar-refractivity contribution is 6.50. The third kappa shape index (κ3) is 2.09. The average Bonchev–Trinajstić information content (AvgIpc) is 1.97. The first-order valence-corrected chi connectivity index (χ1v) is 4.07. The lowest BCUT2D eigenvalue weighted by molar-refractivity contribution is 0.476. The minimum absolute atomic E-state index is 0. The molecular weight excluding hydrogens is 246 g/mol. The Bertz CT molecular complexity index is 274. The van der Waals surface area contributed by atoms with Crippen LogP contribution in [-0.2, 0) is 0 Å². The van der Waals surface area contributed by atoms with Gasteiger partial charge in [-0.2, -0.15) is 0 Å². The monoisotopic (exact) mass is 248 g/mol. The van der Waals surface area contributed by atoms with E-state index in [4.69, 9.17) is 51.5 Å². The molecule has 0 aliphatic rings. The van der Waals surface area contributed by atoms with Crippen molar-refractivity contribution in [1.82, 2.24) is 0 Å². The van der Waals surface area contributed by atoms with Crippen LogP contribution in [0.5, 0.6) is 5.75 Å². The zero-order chi connectivity index (χ0) is 8.59. The third-order valence-corrected chi connectivity index (χ3v) is 2.63. The van der Waals surface area contributed by atoms with E-state index in [0.29, 0.717) is 0 Å². The summed E-state index contributed by atoms with van der Waals surface area (Å²) < 4.78 is 0. The first-order chi connectivity index (χ1) is 5.04. The Morgan fingerprint density at radius 3 is 1.92 bits per heavy atom. The summed E-state index contributed by atoms with van der Waals surface area (Å²) in [5, 5.41) is 9.50. The molecule has 1 aromatic rings. The van der Waals surface area contributed by atoms with Crippen molar-refractivity contribution in [3.63, 3.8) is 0 Å². The largest absolute Gasteiger partial charge is 0.505 e. The highest BCUT2D eigenvalue weighted by Crippen LogP contribution is 2.41. The molecule has 0 saturated carbocycles. The zero-order valence-corrected chi connectivity index (χ0v) is 8.56. The lowest BCUT2D eigenvalue weighted by Crippen LogP contribution is -1.75. The number of phenols is 1. The molecule has 2 nitrogen and oxygen atoms in total. The van der Waals surface area contributed by atoms with Crippen LogP contribution in [0, 0.1) is 0 Å². The molecule has 1 aromatic carbocycles. The van der Waals surface area contributed by atoms with Gasteiger partial charge in [0, 0.05) is 0 Å². The molecule has 0 heterocycles. The summed E-state index contributed by atoms with van der Waals surface area (Å²) in [6.45, 7) is 0. The standard InChI is InChI=1S/C6H2Cl4O.H2O/c7-2-1-3(8)6(11)5(10)4(2)9;/h1,11H;1H2. The summed E-state index contributed by atoms with van der Waals surface area (Å²) in [6.07, 6.45) is 0. The van der Waals surface area contributed by atoms with Crippen molar-refractivity contribution >= 4 is 46.4 Å². The maximum absolute atomic E-state index is 9.10. The van der Waals surface area contributed by atoms with Crippen molar-refractivity contribution in [2.45, 2.75) is 0 Å². The van der Waals surface area contributed by atoms with Gasteiger partial charge < -0.3 is 10.6 Å². The Balaban J connectivity index is 0.00000121. The van der Waals surface area contributed by atoms with Crippen LogP contribution in [0.3, 0.4) is 0 Å². The molecule has 68 valence electrons. The predicted octanol–water partition coefficient (Wildman–Crippen LogP) is 3.18. The van der Waals surface area contributed by atoms with Gasteiger partial charge in [0.15, 0.2) is 5.75 Å². The molecule has 0 radical (unpaired) electrons. The fourth-order valence-electron chi connectivity index (χ4n) is 0.557. The second-order valence-corrected chi connectivity index (χ2v) is 3.39. The summed E-state index contributed by atoms with van der Waals surface area (Å²) in [5.41, 5.74) is 0. The highest BCUT2D eigenvalue weighted by Gasteiger charge is 2.11. The van der Waals surface area contributed by atoms with Crippen molar-refractivity contribution in [2.75, 3.05) is 0 Å². The number of phenolic OH excluding ortho intramolecular Hbond substituents is 1. The SMILES string of the molecule is O.Oc1c(Cl)cc(Cl)c(Cl)c1Cl. The van der Waals surface area contributed by atoms with Crippen LogP contribution in [0.15, 0.2) is 6.07 Å². The van der Waals surface area contributed by atoms with Crippen LogP contribution >= 0.6 is 46.4 Å². The molecule has 0 aromatic heterocycles. The first-order valence-electron chi connectivity index (χ1n) is 2.56. The molecule has 12 heavy (non-hydrogen) atoms. The fraction of sp³-hybridized carbons (Fsp3) is 0. The Morgan fingerprint density at radius 2 is 1.42 bits per heavy atom. The zero-order valence-electron chi connectivity index (χ0n) is 5.54. The van der Waals surface area contributed by atoms with Gasteiger partial charge in [-0.15, -0.1) is 0 Å². The molecule has 3 N–H and O–H groups in total. The van der Waals surface area contributed by atoms with E-state index >= 15 is 0 Å². The maximum atomic E-state index is 9.10. The summed E-state index contributed by atoms with van der Waals surface area (Å²) in [5.74, 6) is -0.247. The Kier molecular flexibility index (Phi) is 4.45. The molecule has 0 atom stereocenters. The Hall–Kier alpha value is 0.140. The molecule has 0 unspecified atom stereocenters. The molecule has 0 aliphatic carbocycles. The van der Waals surface area contributed by atoms with Gasteiger partial charge >= 0.3 is 0 Å². The Morgan fingerprint density at radius 1 is 0.917 bits per heavy atom. The van der Waals surface area contributed by atoms with Crippen molar-refractivity contribution in [1.29, 1.82) is 0 Å². The van der Waals surface area contributed by atoms with Crippen molar-refractivity contribution < 1.29 is 10.6 Å². The average molecular weight is 250 g/mol. The van der Waals surface area contributed by atoms with Gasteiger partial charge in [0.2, 0.25) is 0 Å². The number of hydrogen-bond donors (Lipinski definition) is 1. The van der Waals surface area contributed by atoms with Gasteiger partial charge in [0.1, 0.15) is 5.02 Å². The molecule has 0 aliphatic heterocycles. The van der Waals surface area contributed by atoms with E-state index in [0.717, 1.165) is 0 Å². The van der Waals surface area contributed by atoms with Crippen LogP contribution in [0.4, 0.5) is 0 Å². The normalized spacial score (nSPS) is 9.33. The van der Waals surface area contributed by atoms with Gasteiger partial charge in [-0.25, -0.2) is 0 Å². The molecule has 1 rings (SSSR count). The number of halogens is 4. The van der Waals surface area contributed by atoms with E-state index < -0.39 is 0 Å². The van der Waals surface area contributed by atoms with Crippen LogP contribution in [0.25, 0.3) is 0 Å². The summed E-state index contributed by atoms with van der Waals surface area (Å²) in [4.78, 5) is 0. The van der Waals surface area contributed by atoms with E-state index in [-0.39, 0.29) is 31.3 Å². The van der Waals surface area contributed by atoms with Crippen LogP contribution in [-0.4, -0.2) is 10.6 Å². The minimum atomic E-state index is -0.247. The smallest absolute Gasteiger partial charge is 0.154 e. The van der Waals surface area contributed by atoms with E-state index in [1.54, 1.807) is 0 Å². The second-order valence-electron chi connectivity index (χ2n) is 1.82. The van der Waals surface area contributed by atoms with E-state index in [1.807, 2.05) is 0 Å². The molecule has 0 spiro atoms. The lowest BCUT2D eigenvalue weighted by atomic mass is 10.3. The van der Waals surface area contributed by atoms with Crippen LogP contribution in [0.2, 0.25) is 20.1 Å². The molecule has 0 amide bonds. The molecule has 6 heteroatoms. The van der Waals surface area contributed by atoms with Gasteiger partial charge in [-0.05, 0) is 6.07 Å². The van der Waals surface area contributed by atoms with Gasteiger partial charge in [0.05, 0.1) is 15.1 Å². The third-order valence-electron chi connectivity index (χ3n) is 1.09. The number of rotatable bonds is 0. The number of benzene rings is 1. The fourth-order valence-corrected chi connectivity index (χ4v) is 1.46. The van der Waals surface area contributed by atoms with Gasteiger partial charge in [-0.3, -0.25) is 0 Å². The number of hydrogen-bond acceptors (Lipinski definition) is 1. The summed E-state index contributed by atoms with van der Waals surface area (Å²) in [6, 6.07) is 1.33. The molecular formula is C6H4Cl4O2. The summed E-state index contributed by atoms with van der Waals surface area (Å²) >= 11 is 22.2. The molecule has 0 bridgehead atoms. The van der Waals surface area contributed by atoms with Crippen LogP contribution < -0.4 is 0 Å². The van der Waals surface area contributed by atoms with E-state index in [2.05, 4.69) is 0 Å². The lowest BCUT2D eigenvalue weighted by Gasteiger charge is -2.02. The second kappa shape index (κ2) is 4.40. The molecule has 0 fully saturated rings. The van der Waals surface area contributed by atoms with Crippen molar-refractivity contribution in [3.8, 4) is 5.75 Å². The minimum Gasteiger partial charge on any atom is -0.505 e. The van der Waals surface area contributed by atoms with E-state index in [1.165, 1.54) is 6.07 Å². The maximum Gasteiger partial charge on any atom is 0.154 e. The quantitative estimate of drug-likeness (QED) is 0.557. The highest BCUT2D eigenvalue weighted by atomic mass is 35.5. The summed E-state index contributed by atoms with van der Waals surface area (Å²) in [7, 11) is 0. The van der Waals surface area contributed by atoms with Gasteiger partial charge in [-0.1, -0.05) is 46.4 Å². The van der Waals surface area contributed by atoms with Crippen LogP contribution in [0.1, 0.15) is 0 Å². The van der Waals surface area contributed by atoms with Crippen molar-refractivity contribution in [3.05, 3.63) is 26.2 Å². The topological polar surface area (TPSA) is 51.7 Å². The van der Waals surface area contributed by atoms with Crippen molar-refractivity contribution in [2.24, 2.45) is 0 Å². The first kappa shape index (κ1) is 12.1. The van der Waals surface area contributed by atoms with Gasteiger partial charge in [0.25, 0.3) is 0 Å². The number of aromatic hydroxyl groups is 1. The van der Waals surface area contributed by atoms with E-state index in [9.17, 15) is 0 Å². The molecule has 0 saturated heterocycles. The Labute approximate surface area is 88.9 Å².